The van der Waals surface area contributed by atoms with Gasteiger partial charge in [0.15, 0.2) is 11.5 Å². The number of methoxy groups -OCH3 is 2. The molecule has 0 bridgehead atoms. The number of aliphatic imine (C=N–C) groups is 1. The number of halogens is 1. The Kier molecular flexibility index (Phi) is 6.06. The zero-order valence-electron chi connectivity index (χ0n) is 16.7. The number of amides is 1. The first-order chi connectivity index (χ1) is 14.6. The van der Waals surface area contributed by atoms with Crippen LogP contribution in [0.15, 0.2) is 47.5 Å². The van der Waals surface area contributed by atoms with Crippen molar-refractivity contribution >= 4 is 45.7 Å². The van der Waals surface area contributed by atoms with Gasteiger partial charge in [-0.15, -0.1) is 11.3 Å². The summed E-state index contributed by atoms with van der Waals surface area (Å²) in [6.07, 6.45) is 4.66. The van der Waals surface area contributed by atoms with Gasteiger partial charge in [-0.25, -0.2) is 4.99 Å². The molecule has 0 saturated carbocycles. The molecule has 0 radical (unpaired) electrons. The van der Waals surface area contributed by atoms with Gasteiger partial charge in [0.25, 0.3) is 5.91 Å². The molecule has 154 valence electrons. The van der Waals surface area contributed by atoms with Crippen LogP contribution >= 0.6 is 22.9 Å². The Labute approximate surface area is 184 Å². The van der Waals surface area contributed by atoms with Crippen molar-refractivity contribution in [1.82, 2.24) is 0 Å². The molecular formula is C23H21ClN2O3S. The number of rotatable bonds is 6. The van der Waals surface area contributed by atoms with Crippen LogP contribution in [0.1, 0.15) is 32.8 Å². The summed E-state index contributed by atoms with van der Waals surface area (Å²) in [4.78, 5) is 19.0. The number of fused-ring (bicyclic) bond motifs is 1. The summed E-state index contributed by atoms with van der Waals surface area (Å²) in [6, 6.07) is 12.7. The monoisotopic (exact) mass is 440 g/mol. The number of nitrogens with one attached hydrogen (secondary N) is 1. The topological polar surface area (TPSA) is 59.9 Å². The first-order valence-corrected chi connectivity index (χ1v) is 10.8. The van der Waals surface area contributed by atoms with Crippen LogP contribution in [-0.2, 0) is 12.8 Å². The molecule has 0 unspecified atom stereocenters. The van der Waals surface area contributed by atoms with Gasteiger partial charge < -0.3 is 14.8 Å². The van der Waals surface area contributed by atoms with E-state index in [4.69, 9.17) is 21.1 Å². The van der Waals surface area contributed by atoms with Crippen LogP contribution in [0.2, 0.25) is 5.02 Å². The highest BCUT2D eigenvalue weighted by atomic mass is 35.5. The molecule has 1 aliphatic rings. The second-order valence-electron chi connectivity index (χ2n) is 6.84. The maximum atomic E-state index is 13.1. The van der Waals surface area contributed by atoms with Crippen LogP contribution in [0, 0.1) is 0 Å². The normalized spacial score (nSPS) is 12.8. The lowest BCUT2D eigenvalue weighted by Crippen LogP contribution is -2.13. The van der Waals surface area contributed by atoms with E-state index in [9.17, 15) is 4.79 Å². The molecule has 1 amide bonds. The van der Waals surface area contributed by atoms with Gasteiger partial charge in [-0.3, -0.25) is 4.79 Å². The fraction of sp³-hybridized carbons (Fsp3) is 0.217. The minimum Gasteiger partial charge on any atom is -0.493 e. The largest absolute Gasteiger partial charge is 0.493 e. The van der Waals surface area contributed by atoms with Gasteiger partial charge in [-0.2, -0.15) is 0 Å². The second kappa shape index (κ2) is 8.90. The summed E-state index contributed by atoms with van der Waals surface area (Å²) < 4.78 is 10.8. The molecule has 1 aromatic heterocycles. The minimum atomic E-state index is -0.165. The first kappa shape index (κ1) is 20.4. The van der Waals surface area contributed by atoms with Crippen molar-refractivity contribution in [2.24, 2.45) is 4.99 Å². The smallest absolute Gasteiger partial charge is 0.259 e. The molecule has 0 aliphatic heterocycles. The van der Waals surface area contributed by atoms with Gasteiger partial charge in [0.1, 0.15) is 5.00 Å². The Hall–Kier alpha value is -2.83. The van der Waals surface area contributed by atoms with Crippen molar-refractivity contribution in [2.75, 3.05) is 19.5 Å². The minimum absolute atomic E-state index is 0.165. The molecule has 7 heteroatoms. The molecule has 0 spiro atoms. The fourth-order valence-electron chi connectivity index (χ4n) is 3.62. The average molecular weight is 441 g/mol. The molecule has 1 aliphatic carbocycles. The third-order valence-corrected chi connectivity index (χ3v) is 6.40. The highest BCUT2D eigenvalue weighted by molar-refractivity contribution is 7.16. The number of benzene rings is 2. The fourth-order valence-corrected chi connectivity index (χ4v) is 5.04. The number of aryl methyl sites for hydroxylation is 1. The van der Waals surface area contributed by atoms with Crippen LogP contribution < -0.4 is 14.8 Å². The van der Waals surface area contributed by atoms with Gasteiger partial charge in [0, 0.05) is 27.4 Å². The summed E-state index contributed by atoms with van der Waals surface area (Å²) in [5.74, 6) is 1.08. The van der Waals surface area contributed by atoms with E-state index in [1.165, 1.54) is 4.88 Å². The lowest BCUT2D eigenvalue weighted by atomic mass is 10.1. The van der Waals surface area contributed by atoms with Crippen molar-refractivity contribution in [1.29, 1.82) is 0 Å². The number of carbonyl (C=O) groups is 1. The predicted molar refractivity (Wildman–Crippen MR) is 123 cm³/mol. The second-order valence-corrected chi connectivity index (χ2v) is 8.36. The molecule has 5 nitrogen and oxygen atoms in total. The number of hydrogen-bond acceptors (Lipinski definition) is 5. The van der Waals surface area contributed by atoms with Gasteiger partial charge in [0.05, 0.1) is 19.8 Å². The van der Waals surface area contributed by atoms with E-state index in [0.29, 0.717) is 32.8 Å². The van der Waals surface area contributed by atoms with Gasteiger partial charge in [-0.05, 0) is 55.2 Å². The van der Waals surface area contributed by atoms with Gasteiger partial charge >= 0.3 is 0 Å². The van der Waals surface area contributed by atoms with E-state index < -0.39 is 0 Å². The van der Waals surface area contributed by atoms with E-state index in [0.717, 1.165) is 30.4 Å². The van der Waals surface area contributed by atoms with Crippen LogP contribution in [0.4, 0.5) is 10.7 Å². The number of thiophene rings is 1. The maximum absolute atomic E-state index is 13.1. The first-order valence-electron chi connectivity index (χ1n) is 9.57. The van der Waals surface area contributed by atoms with Crippen LogP contribution in [0.5, 0.6) is 11.5 Å². The highest BCUT2D eigenvalue weighted by Crippen LogP contribution is 2.41. The molecule has 0 saturated heterocycles. The zero-order valence-corrected chi connectivity index (χ0v) is 18.3. The Morgan fingerprint density at radius 3 is 2.77 bits per heavy atom. The molecule has 1 heterocycles. The Morgan fingerprint density at radius 1 is 1.17 bits per heavy atom. The number of hydrogen-bond donors (Lipinski definition) is 1. The summed E-state index contributed by atoms with van der Waals surface area (Å²) in [5.41, 5.74) is 3.19. The summed E-state index contributed by atoms with van der Waals surface area (Å²) >= 11 is 7.63. The van der Waals surface area contributed by atoms with E-state index in [2.05, 4.69) is 10.3 Å². The lowest BCUT2D eigenvalue weighted by Gasteiger charge is -2.09. The molecule has 0 atom stereocenters. The zero-order chi connectivity index (χ0) is 21.1. The number of anilines is 1. The van der Waals surface area contributed by atoms with Crippen molar-refractivity contribution in [3.05, 3.63) is 69.1 Å². The van der Waals surface area contributed by atoms with Crippen LogP contribution in [-0.4, -0.2) is 26.3 Å². The summed E-state index contributed by atoms with van der Waals surface area (Å²) in [5, 5.41) is 4.23. The van der Waals surface area contributed by atoms with Crippen molar-refractivity contribution in [3.8, 4) is 11.5 Å². The highest BCUT2D eigenvalue weighted by Gasteiger charge is 2.26. The van der Waals surface area contributed by atoms with E-state index in [-0.39, 0.29) is 5.91 Å². The molecule has 0 fully saturated rings. The number of ether oxygens (including phenoxy) is 2. The van der Waals surface area contributed by atoms with Gasteiger partial charge in [-0.1, -0.05) is 23.7 Å². The van der Waals surface area contributed by atoms with Crippen LogP contribution in [0.3, 0.4) is 0 Å². The Morgan fingerprint density at radius 2 is 2.00 bits per heavy atom. The molecular weight excluding hydrogens is 420 g/mol. The van der Waals surface area contributed by atoms with Crippen molar-refractivity contribution < 1.29 is 14.3 Å². The number of para-hydroxylation sites is 1. The molecule has 30 heavy (non-hydrogen) atoms. The standard InChI is InChI=1S/C23H21ClN2O3S/c1-28-18-10-3-6-14(21(18)29-2)13-25-23-20(17-9-5-11-19(17)30-23)22(27)26-16-8-4-7-15(24)12-16/h3-4,6-8,10,12-13H,5,9,11H2,1-2H3,(H,26,27). The van der Waals surface area contributed by atoms with E-state index >= 15 is 0 Å². The molecule has 1 N–H and O–H groups in total. The van der Waals surface area contributed by atoms with E-state index in [1.807, 2.05) is 30.3 Å². The summed E-state index contributed by atoms with van der Waals surface area (Å²) in [6.45, 7) is 0. The Bertz CT molecular complexity index is 1120. The predicted octanol–water partition coefficient (Wildman–Crippen LogP) is 5.91. The average Bonchev–Trinajstić information content (AvgIpc) is 3.32. The maximum Gasteiger partial charge on any atom is 0.259 e. The number of nitrogens with zero attached hydrogens (tertiary/aromatic N) is 1. The SMILES string of the molecule is COc1cccc(C=Nc2sc3c(c2C(=O)Nc2cccc(Cl)c2)CCC3)c1OC. The third kappa shape index (κ3) is 4.06. The number of carbonyl (C=O) groups excluding carboxylic acids is 1. The Balaban J connectivity index is 1.68. The van der Waals surface area contributed by atoms with Crippen LogP contribution in [0.25, 0.3) is 0 Å². The lowest BCUT2D eigenvalue weighted by molar-refractivity contribution is 0.102. The quantitative estimate of drug-likeness (QED) is 0.484. The van der Waals surface area contributed by atoms with Crippen molar-refractivity contribution in [2.45, 2.75) is 19.3 Å². The summed E-state index contributed by atoms with van der Waals surface area (Å²) in [7, 11) is 3.19. The van der Waals surface area contributed by atoms with Gasteiger partial charge in [0.2, 0.25) is 0 Å². The molecule has 3 aromatic rings. The van der Waals surface area contributed by atoms with E-state index in [1.54, 1.807) is 43.9 Å². The molecule has 4 rings (SSSR count). The molecule has 2 aromatic carbocycles. The van der Waals surface area contributed by atoms with Crippen molar-refractivity contribution in [3.63, 3.8) is 0 Å². The third-order valence-electron chi connectivity index (χ3n) is 4.97.